The lowest BCUT2D eigenvalue weighted by atomic mass is 10.1. The second-order valence-electron chi connectivity index (χ2n) is 5.45. The van der Waals surface area contributed by atoms with E-state index in [4.69, 9.17) is 0 Å². The third kappa shape index (κ3) is 3.31. The van der Waals surface area contributed by atoms with E-state index in [2.05, 4.69) is 5.32 Å². The zero-order chi connectivity index (χ0) is 15.6. The van der Waals surface area contributed by atoms with Crippen molar-refractivity contribution in [2.24, 2.45) is 0 Å². The Balaban J connectivity index is 2.03. The van der Waals surface area contributed by atoms with Crippen LogP contribution in [0.3, 0.4) is 0 Å². The minimum atomic E-state index is -1.03. The molecule has 0 aliphatic carbocycles. The first-order chi connectivity index (χ1) is 9.89. The van der Waals surface area contributed by atoms with Gasteiger partial charge in [-0.15, -0.1) is 11.8 Å². The maximum absolute atomic E-state index is 12.4. The summed E-state index contributed by atoms with van der Waals surface area (Å²) in [6, 6.07) is -1.44. The van der Waals surface area contributed by atoms with Gasteiger partial charge < -0.3 is 15.3 Å². The Bertz CT molecular complexity index is 459. The zero-order valence-corrected chi connectivity index (χ0v) is 13.8. The molecule has 21 heavy (non-hydrogen) atoms. The molecule has 0 aromatic rings. The average molecular weight is 332 g/mol. The van der Waals surface area contributed by atoms with Crippen LogP contribution >= 0.6 is 23.5 Å². The van der Waals surface area contributed by atoms with Gasteiger partial charge in [0.25, 0.3) is 0 Å². The Morgan fingerprint density at radius 2 is 2.33 bits per heavy atom. The summed E-state index contributed by atoms with van der Waals surface area (Å²) in [5, 5.41) is 11.8. The molecule has 6 nitrogen and oxygen atoms in total. The van der Waals surface area contributed by atoms with Crippen LogP contribution in [0, 0.1) is 0 Å². The van der Waals surface area contributed by atoms with Gasteiger partial charge in [0.1, 0.15) is 12.1 Å². The molecule has 3 unspecified atom stereocenters. The molecule has 2 fully saturated rings. The lowest BCUT2D eigenvalue weighted by Gasteiger charge is -2.30. The van der Waals surface area contributed by atoms with Crippen LogP contribution in [-0.4, -0.2) is 62.5 Å². The summed E-state index contributed by atoms with van der Waals surface area (Å²) in [5.74, 6) is -0.202. The van der Waals surface area contributed by atoms with Gasteiger partial charge in [0, 0.05) is 12.2 Å². The van der Waals surface area contributed by atoms with Crippen molar-refractivity contribution < 1.29 is 19.5 Å². The molecule has 2 aliphatic heterocycles. The van der Waals surface area contributed by atoms with Crippen molar-refractivity contribution in [3.05, 3.63) is 0 Å². The van der Waals surface area contributed by atoms with Gasteiger partial charge >= 0.3 is 5.97 Å². The van der Waals surface area contributed by atoms with Gasteiger partial charge in [0.15, 0.2) is 0 Å². The SMILES string of the molecule is CSCCC(NC(=O)C1CSC2(C)CCC(=O)N12)C(=O)O. The fourth-order valence-electron chi connectivity index (χ4n) is 2.78. The van der Waals surface area contributed by atoms with Gasteiger partial charge in [-0.2, -0.15) is 11.8 Å². The number of amides is 2. The largest absolute Gasteiger partial charge is 0.480 e. The topological polar surface area (TPSA) is 86.7 Å². The summed E-state index contributed by atoms with van der Waals surface area (Å²) in [7, 11) is 0. The Morgan fingerprint density at radius 3 is 2.95 bits per heavy atom. The minimum absolute atomic E-state index is 0.0151. The molecule has 2 amide bonds. The number of carboxylic acids is 1. The number of hydrogen-bond acceptors (Lipinski definition) is 5. The van der Waals surface area contributed by atoms with Gasteiger partial charge in [-0.25, -0.2) is 4.79 Å². The molecule has 0 aromatic heterocycles. The number of fused-ring (bicyclic) bond motifs is 1. The van der Waals surface area contributed by atoms with Crippen molar-refractivity contribution in [3.8, 4) is 0 Å². The van der Waals surface area contributed by atoms with E-state index in [1.54, 1.807) is 16.7 Å². The number of nitrogens with one attached hydrogen (secondary N) is 1. The lowest BCUT2D eigenvalue weighted by Crippen LogP contribution is -2.53. The van der Waals surface area contributed by atoms with Crippen molar-refractivity contribution in [1.82, 2.24) is 10.2 Å². The molecule has 118 valence electrons. The summed E-state index contributed by atoms with van der Waals surface area (Å²) in [4.78, 5) is 36.9. The molecule has 2 heterocycles. The Kier molecular flexibility index (Phi) is 5.08. The summed E-state index contributed by atoms with van der Waals surface area (Å²) in [6.07, 6.45) is 3.48. The molecule has 3 atom stereocenters. The molecule has 0 radical (unpaired) electrons. The van der Waals surface area contributed by atoms with Gasteiger partial charge in [0.05, 0.1) is 4.87 Å². The number of hydrogen-bond donors (Lipinski definition) is 2. The van der Waals surface area contributed by atoms with E-state index < -0.39 is 18.1 Å². The molecule has 0 spiro atoms. The highest BCUT2D eigenvalue weighted by Gasteiger charge is 2.53. The summed E-state index contributed by atoms with van der Waals surface area (Å²) in [5.41, 5.74) is 0. The third-order valence-corrected chi connectivity index (χ3v) is 6.12. The van der Waals surface area contributed by atoms with E-state index in [1.807, 2.05) is 13.2 Å². The molecule has 2 rings (SSSR count). The molecular weight excluding hydrogens is 312 g/mol. The fraction of sp³-hybridized carbons (Fsp3) is 0.769. The van der Waals surface area contributed by atoms with Gasteiger partial charge in [-0.1, -0.05) is 0 Å². The third-order valence-electron chi connectivity index (χ3n) is 3.97. The normalized spacial score (nSPS) is 29.3. The van der Waals surface area contributed by atoms with E-state index in [9.17, 15) is 19.5 Å². The highest BCUT2D eigenvalue weighted by Crippen LogP contribution is 2.47. The van der Waals surface area contributed by atoms with Crippen LogP contribution in [0.15, 0.2) is 0 Å². The van der Waals surface area contributed by atoms with Crippen LogP contribution < -0.4 is 5.32 Å². The zero-order valence-electron chi connectivity index (χ0n) is 12.1. The van der Waals surface area contributed by atoms with Gasteiger partial charge in [0.2, 0.25) is 11.8 Å². The van der Waals surface area contributed by atoms with E-state index in [0.717, 1.165) is 6.42 Å². The van der Waals surface area contributed by atoms with Crippen LogP contribution in [0.5, 0.6) is 0 Å². The highest BCUT2D eigenvalue weighted by atomic mass is 32.2. The molecular formula is C13H20N2O4S2. The van der Waals surface area contributed by atoms with Gasteiger partial charge in [-0.05, 0) is 31.8 Å². The maximum Gasteiger partial charge on any atom is 0.326 e. The molecule has 8 heteroatoms. The summed E-state index contributed by atoms with van der Waals surface area (Å²) >= 11 is 3.14. The second-order valence-corrected chi connectivity index (χ2v) is 7.93. The minimum Gasteiger partial charge on any atom is -0.480 e. The smallest absolute Gasteiger partial charge is 0.326 e. The van der Waals surface area contributed by atoms with Crippen molar-refractivity contribution in [2.75, 3.05) is 17.8 Å². The van der Waals surface area contributed by atoms with E-state index in [-0.39, 0.29) is 16.7 Å². The first-order valence-corrected chi connectivity index (χ1v) is 9.25. The summed E-state index contributed by atoms with van der Waals surface area (Å²) < 4.78 is 0. The number of carboxylic acid groups (broad SMARTS) is 1. The first-order valence-electron chi connectivity index (χ1n) is 6.87. The molecule has 0 bridgehead atoms. The van der Waals surface area contributed by atoms with Crippen molar-refractivity contribution in [1.29, 1.82) is 0 Å². The van der Waals surface area contributed by atoms with Crippen LogP contribution in [0.4, 0.5) is 0 Å². The molecule has 2 N–H and O–H groups in total. The van der Waals surface area contributed by atoms with Crippen LogP contribution in [-0.2, 0) is 14.4 Å². The number of nitrogens with zero attached hydrogens (tertiary/aromatic N) is 1. The van der Waals surface area contributed by atoms with E-state index in [0.29, 0.717) is 24.3 Å². The Hall–Kier alpha value is -0.890. The first kappa shape index (κ1) is 16.5. The predicted molar refractivity (Wildman–Crippen MR) is 83.3 cm³/mol. The Morgan fingerprint density at radius 1 is 1.62 bits per heavy atom. The van der Waals surface area contributed by atoms with Crippen LogP contribution in [0.2, 0.25) is 0 Å². The monoisotopic (exact) mass is 332 g/mol. The predicted octanol–water partition coefficient (Wildman–Crippen LogP) is 0.763. The second kappa shape index (κ2) is 6.48. The molecule has 2 saturated heterocycles. The number of rotatable bonds is 6. The highest BCUT2D eigenvalue weighted by molar-refractivity contribution is 8.01. The number of carbonyl (C=O) groups is 3. The lowest BCUT2D eigenvalue weighted by molar-refractivity contribution is -0.143. The molecule has 0 saturated carbocycles. The van der Waals surface area contributed by atoms with Crippen molar-refractivity contribution in [3.63, 3.8) is 0 Å². The summed E-state index contributed by atoms with van der Waals surface area (Å²) in [6.45, 7) is 1.97. The van der Waals surface area contributed by atoms with Crippen molar-refractivity contribution in [2.45, 2.75) is 43.1 Å². The average Bonchev–Trinajstić information content (AvgIpc) is 2.91. The standard InChI is InChI=1S/C13H20N2O4S2/c1-13-5-3-10(16)15(13)9(7-21-13)11(17)14-8(12(18)19)4-6-20-2/h8-9H,3-7H2,1-2H3,(H,14,17)(H,18,19). The Labute approximate surface area is 132 Å². The van der Waals surface area contributed by atoms with E-state index >= 15 is 0 Å². The van der Waals surface area contributed by atoms with Crippen molar-refractivity contribution >= 4 is 41.3 Å². The number of aliphatic carboxylic acids is 1. The number of thioether (sulfide) groups is 2. The van der Waals surface area contributed by atoms with Gasteiger partial charge in [-0.3, -0.25) is 9.59 Å². The van der Waals surface area contributed by atoms with E-state index in [1.165, 1.54) is 11.8 Å². The quantitative estimate of drug-likeness (QED) is 0.747. The number of carbonyl (C=O) groups excluding carboxylic acids is 2. The van der Waals surface area contributed by atoms with Crippen LogP contribution in [0.25, 0.3) is 0 Å². The molecule has 2 aliphatic rings. The fourth-order valence-corrected chi connectivity index (χ4v) is 4.68. The molecule has 0 aromatic carbocycles. The van der Waals surface area contributed by atoms with Crippen LogP contribution in [0.1, 0.15) is 26.2 Å². The maximum atomic E-state index is 12.4.